The van der Waals surface area contributed by atoms with E-state index in [0.717, 1.165) is 23.2 Å². The van der Waals surface area contributed by atoms with Crippen LogP contribution in [-0.4, -0.2) is 69.9 Å². The number of sulfone groups is 1. The Morgan fingerprint density at radius 2 is 1.98 bits per heavy atom. The number of methoxy groups -OCH3 is 1. The second-order valence-corrected chi connectivity index (χ2v) is 12.1. The molecule has 0 spiro atoms. The minimum absolute atomic E-state index is 0.0586. The van der Waals surface area contributed by atoms with Gasteiger partial charge in [0.25, 0.3) is 5.91 Å². The molecule has 11 nitrogen and oxygen atoms in total. The Kier molecular flexibility index (Phi) is 8.19. The van der Waals surface area contributed by atoms with E-state index in [1.807, 2.05) is 35.2 Å². The lowest BCUT2D eigenvalue weighted by Crippen LogP contribution is -2.29. The van der Waals surface area contributed by atoms with E-state index >= 15 is 0 Å². The van der Waals surface area contributed by atoms with Gasteiger partial charge in [0.05, 0.1) is 43.2 Å². The normalized spacial score (nSPS) is 17.1. The molecule has 4 aromatic rings. The van der Waals surface area contributed by atoms with E-state index in [2.05, 4.69) is 10.3 Å². The third kappa shape index (κ3) is 5.82. The van der Waals surface area contributed by atoms with Crippen LogP contribution in [0.25, 0.3) is 10.9 Å². The molecule has 2 aliphatic heterocycles. The molecule has 6 rings (SSSR count). The molecular weight excluding hydrogens is 598 g/mol. The number of hydrogen-bond acceptors (Lipinski definition) is 10. The van der Waals surface area contributed by atoms with Crippen LogP contribution >= 0.6 is 0 Å². The molecule has 0 aliphatic carbocycles. The first-order chi connectivity index (χ1) is 21.2. The van der Waals surface area contributed by atoms with E-state index in [9.17, 15) is 22.0 Å². The third-order valence-electron chi connectivity index (χ3n) is 7.18. The van der Waals surface area contributed by atoms with Gasteiger partial charge in [-0.1, -0.05) is 0 Å². The first kappa shape index (κ1) is 29.5. The number of ether oxygens (including phenoxy) is 4. The number of amides is 1. The molecule has 230 valence electrons. The van der Waals surface area contributed by atoms with Gasteiger partial charge in [-0.05, 0) is 42.5 Å². The summed E-state index contributed by atoms with van der Waals surface area (Å²) in [6.45, 7) is 1.53. The van der Waals surface area contributed by atoms with Crippen molar-refractivity contribution < 1.29 is 40.9 Å². The summed E-state index contributed by atoms with van der Waals surface area (Å²) in [5.41, 5.74) is -0.667. The van der Waals surface area contributed by atoms with Gasteiger partial charge in [-0.15, -0.1) is 0 Å². The number of hydrogen-bond donors (Lipinski definition) is 1. The molecule has 0 saturated heterocycles. The summed E-state index contributed by atoms with van der Waals surface area (Å²) in [6, 6.07) is 12.8. The van der Waals surface area contributed by atoms with E-state index in [4.69, 9.17) is 23.9 Å². The van der Waals surface area contributed by atoms with Crippen molar-refractivity contribution in [3.63, 3.8) is 0 Å². The molecule has 2 aromatic heterocycles. The highest BCUT2D eigenvalue weighted by Crippen LogP contribution is 2.39. The van der Waals surface area contributed by atoms with Gasteiger partial charge >= 0.3 is 0 Å². The maximum Gasteiger partial charge on any atom is 0.251 e. The molecule has 0 fully saturated rings. The van der Waals surface area contributed by atoms with Crippen molar-refractivity contribution >= 4 is 38.2 Å². The fourth-order valence-corrected chi connectivity index (χ4v) is 6.32. The molecule has 2 aliphatic rings. The van der Waals surface area contributed by atoms with Crippen LogP contribution in [0.1, 0.15) is 22.5 Å². The third-order valence-corrected chi connectivity index (χ3v) is 9.00. The van der Waals surface area contributed by atoms with E-state index in [0.29, 0.717) is 54.9 Å². The van der Waals surface area contributed by atoms with Crippen LogP contribution in [0.2, 0.25) is 0 Å². The zero-order valence-electron chi connectivity index (χ0n) is 23.6. The number of alkyl halides is 1. The Hall–Kier alpha value is -4.56. The number of fused-ring (bicyclic) bond motifs is 3. The van der Waals surface area contributed by atoms with Gasteiger partial charge in [-0.25, -0.2) is 22.2 Å². The second kappa shape index (κ2) is 12.2. The molecular formula is C30H28F2N4O7S. The lowest BCUT2D eigenvalue weighted by Gasteiger charge is -2.31. The average Bonchev–Trinajstić information content (AvgIpc) is 3.14. The number of aromatic nitrogens is 2. The fourth-order valence-electron chi connectivity index (χ4n) is 4.93. The van der Waals surface area contributed by atoms with Crippen LogP contribution in [0.3, 0.4) is 0 Å². The quantitative estimate of drug-likeness (QED) is 0.286. The van der Waals surface area contributed by atoms with Crippen molar-refractivity contribution in [2.24, 2.45) is 0 Å². The molecule has 2 aromatic carbocycles. The molecule has 44 heavy (non-hydrogen) atoms. The minimum Gasteiger partial charge on any atom is -0.491 e. The highest BCUT2D eigenvalue weighted by atomic mass is 32.2. The van der Waals surface area contributed by atoms with Crippen LogP contribution in [0.5, 0.6) is 17.2 Å². The van der Waals surface area contributed by atoms with Gasteiger partial charge in [0.2, 0.25) is 15.3 Å². The zero-order valence-corrected chi connectivity index (χ0v) is 24.4. The SMILES string of the molecule is COCCOc1ccc2c(c1)N(c1ccc3cnc(CNC(=O)c4cc(F)c5c(c4)S(=O)(=O)[C@@H](F)CCO5)cc3n1)CCO2. The number of carbonyl (C=O) groups is 1. The smallest absolute Gasteiger partial charge is 0.251 e. The minimum atomic E-state index is -4.52. The van der Waals surface area contributed by atoms with Gasteiger partial charge in [-0.3, -0.25) is 9.78 Å². The standard InChI is InChI=1S/C30H28F2N4O7S/c1-40-10-11-41-21-3-4-25-24(15-21)36(7-9-42-25)28-5-2-18-16-33-20(14-23(18)35-28)17-34-30(37)19-12-22(31)29-26(13-19)44(38,39)27(32)6-8-43-29/h2-5,12-16,27H,6-11,17H2,1H3,(H,34,37)/t27-/m1/s1. The summed E-state index contributed by atoms with van der Waals surface area (Å²) in [5, 5.41) is 3.38. The number of halogens is 2. The highest BCUT2D eigenvalue weighted by molar-refractivity contribution is 7.92. The Balaban J connectivity index is 1.21. The Labute approximate surface area is 251 Å². The number of carbonyl (C=O) groups excluding carboxylic acids is 1. The van der Waals surface area contributed by atoms with Gasteiger partial charge in [0.15, 0.2) is 11.6 Å². The molecule has 0 bridgehead atoms. The summed E-state index contributed by atoms with van der Waals surface area (Å²) < 4.78 is 75.8. The largest absolute Gasteiger partial charge is 0.491 e. The molecule has 0 unspecified atom stereocenters. The van der Waals surface area contributed by atoms with Crippen molar-refractivity contribution in [1.82, 2.24) is 15.3 Å². The monoisotopic (exact) mass is 626 g/mol. The Bertz CT molecular complexity index is 1840. The predicted octanol–water partition coefficient (Wildman–Crippen LogP) is 4.11. The molecule has 0 radical (unpaired) electrons. The summed E-state index contributed by atoms with van der Waals surface area (Å²) in [7, 11) is -2.92. The summed E-state index contributed by atoms with van der Waals surface area (Å²) in [4.78, 5) is 23.4. The number of anilines is 2. The number of rotatable bonds is 8. The van der Waals surface area contributed by atoms with Crippen molar-refractivity contribution in [2.75, 3.05) is 45.0 Å². The van der Waals surface area contributed by atoms with Crippen LogP contribution in [0.15, 0.2) is 59.6 Å². The number of benzene rings is 2. The second-order valence-electron chi connectivity index (χ2n) is 10.1. The van der Waals surface area contributed by atoms with E-state index in [1.165, 1.54) is 0 Å². The van der Waals surface area contributed by atoms with Gasteiger partial charge in [0.1, 0.15) is 35.4 Å². The Morgan fingerprint density at radius 3 is 2.82 bits per heavy atom. The Morgan fingerprint density at radius 1 is 1.11 bits per heavy atom. The lowest BCUT2D eigenvalue weighted by molar-refractivity contribution is 0.0949. The molecule has 1 N–H and O–H groups in total. The highest BCUT2D eigenvalue weighted by Gasteiger charge is 2.35. The number of nitrogens with zero attached hydrogens (tertiary/aromatic N) is 3. The van der Waals surface area contributed by atoms with Crippen LogP contribution < -0.4 is 24.4 Å². The number of pyridine rings is 2. The lowest BCUT2D eigenvalue weighted by atomic mass is 10.2. The fraction of sp³-hybridized carbons (Fsp3) is 0.300. The van der Waals surface area contributed by atoms with Crippen LogP contribution in [0, 0.1) is 5.82 Å². The average molecular weight is 627 g/mol. The maximum absolute atomic E-state index is 14.7. The first-order valence-corrected chi connectivity index (χ1v) is 15.3. The van der Waals surface area contributed by atoms with Crippen molar-refractivity contribution in [3.8, 4) is 17.2 Å². The summed E-state index contributed by atoms with van der Waals surface area (Å²) >= 11 is 0. The molecule has 1 amide bonds. The predicted molar refractivity (Wildman–Crippen MR) is 156 cm³/mol. The van der Waals surface area contributed by atoms with Gasteiger partial charge in [-0.2, -0.15) is 0 Å². The maximum atomic E-state index is 14.7. The summed E-state index contributed by atoms with van der Waals surface area (Å²) in [6.07, 6.45) is 1.18. The molecule has 14 heteroatoms. The van der Waals surface area contributed by atoms with E-state index in [-0.39, 0.29) is 18.7 Å². The van der Waals surface area contributed by atoms with Crippen molar-refractivity contribution in [1.29, 1.82) is 0 Å². The van der Waals surface area contributed by atoms with E-state index in [1.54, 1.807) is 19.4 Å². The first-order valence-electron chi connectivity index (χ1n) is 13.8. The number of nitrogens with one attached hydrogen (secondary N) is 1. The van der Waals surface area contributed by atoms with Crippen molar-refractivity contribution in [2.45, 2.75) is 23.4 Å². The molecule has 0 saturated carbocycles. The molecule has 4 heterocycles. The molecule has 1 atom stereocenters. The van der Waals surface area contributed by atoms with Crippen LogP contribution in [0.4, 0.5) is 20.3 Å². The zero-order chi connectivity index (χ0) is 30.8. The van der Waals surface area contributed by atoms with E-state index < -0.39 is 44.1 Å². The van der Waals surface area contributed by atoms with Crippen LogP contribution in [-0.2, 0) is 21.1 Å². The summed E-state index contributed by atoms with van der Waals surface area (Å²) in [5.74, 6) is -0.373. The van der Waals surface area contributed by atoms with Gasteiger partial charge in [0, 0.05) is 36.7 Å². The van der Waals surface area contributed by atoms with Crippen molar-refractivity contribution in [3.05, 3.63) is 71.8 Å². The van der Waals surface area contributed by atoms with Gasteiger partial charge < -0.3 is 29.2 Å². The topological polar surface area (TPSA) is 129 Å².